The third-order valence-corrected chi connectivity index (χ3v) is 3.53. The van der Waals surface area contributed by atoms with Crippen molar-refractivity contribution in [1.29, 1.82) is 0 Å². The van der Waals surface area contributed by atoms with Crippen molar-refractivity contribution in [3.05, 3.63) is 53.7 Å². The molecule has 0 saturated carbocycles. The lowest BCUT2D eigenvalue weighted by atomic mass is 10.1. The molecule has 2 aromatic rings. The van der Waals surface area contributed by atoms with Crippen molar-refractivity contribution >= 4 is 23.5 Å². The molecule has 1 heterocycles. The molecule has 0 fully saturated rings. The molecule has 1 N–H and O–H groups in total. The second kappa shape index (κ2) is 9.31. The average Bonchev–Trinajstić information content (AvgIpc) is 2.66. The maximum absolute atomic E-state index is 12.1. The molecule has 0 spiro atoms. The SMILES string of the molecule is CCOC(=O)c1ccnc(NC(=O)CCC(=O)c2ccc(OC)cc2)c1. The van der Waals surface area contributed by atoms with Crippen molar-refractivity contribution in [2.45, 2.75) is 19.8 Å². The van der Waals surface area contributed by atoms with Gasteiger partial charge in [0.1, 0.15) is 11.6 Å². The lowest BCUT2D eigenvalue weighted by molar-refractivity contribution is -0.116. The predicted octanol–water partition coefficient (Wildman–Crippen LogP) is 2.87. The van der Waals surface area contributed by atoms with E-state index in [9.17, 15) is 14.4 Å². The minimum atomic E-state index is -0.486. The predicted molar refractivity (Wildman–Crippen MR) is 95.4 cm³/mol. The number of pyridine rings is 1. The summed E-state index contributed by atoms with van der Waals surface area (Å²) in [6.07, 6.45) is 1.48. The second-order valence-electron chi connectivity index (χ2n) is 5.35. The molecule has 7 heteroatoms. The van der Waals surface area contributed by atoms with Gasteiger partial charge >= 0.3 is 5.97 Å². The molecule has 2 rings (SSSR count). The largest absolute Gasteiger partial charge is 0.497 e. The Morgan fingerprint density at radius 3 is 2.42 bits per heavy atom. The van der Waals surface area contributed by atoms with Gasteiger partial charge in [-0.3, -0.25) is 9.59 Å². The first kappa shape index (κ1) is 19.1. The number of esters is 1. The number of rotatable bonds is 8. The van der Waals surface area contributed by atoms with Gasteiger partial charge in [0.2, 0.25) is 5.91 Å². The molecule has 1 aromatic carbocycles. The number of anilines is 1. The average molecular weight is 356 g/mol. The van der Waals surface area contributed by atoms with Gasteiger partial charge in [0.15, 0.2) is 5.78 Å². The molecular formula is C19H20N2O5. The molecule has 0 radical (unpaired) electrons. The summed E-state index contributed by atoms with van der Waals surface area (Å²) in [7, 11) is 1.55. The maximum Gasteiger partial charge on any atom is 0.338 e. The summed E-state index contributed by atoms with van der Waals surface area (Å²) in [6.45, 7) is 1.97. The number of ketones is 1. The third-order valence-electron chi connectivity index (χ3n) is 3.53. The van der Waals surface area contributed by atoms with E-state index in [2.05, 4.69) is 10.3 Å². The topological polar surface area (TPSA) is 94.6 Å². The summed E-state index contributed by atoms with van der Waals surface area (Å²) in [5.74, 6) is -0.0965. The van der Waals surface area contributed by atoms with E-state index >= 15 is 0 Å². The molecule has 1 amide bonds. The zero-order valence-corrected chi connectivity index (χ0v) is 14.7. The van der Waals surface area contributed by atoms with Gasteiger partial charge < -0.3 is 14.8 Å². The number of hydrogen-bond acceptors (Lipinski definition) is 6. The van der Waals surface area contributed by atoms with Crippen LogP contribution >= 0.6 is 0 Å². The first-order valence-corrected chi connectivity index (χ1v) is 8.13. The Morgan fingerprint density at radius 1 is 1.04 bits per heavy atom. The highest BCUT2D eigenvalue weighted by molar-refractivity contribution is 6.00. The molecule has 7 nitrogen and oxygen atoms in total. The van der Waals surface area contributed by atoms with Gasteiger partial charge in [-0.25, -0.2) is 9.78 Å². The first-order valence-electron chi connectivity index (χ1n) is 8.13. The van der Waals surface area contributed by atoms with Gasteiger partial charge in [0, 0.05) is 24.6 Å². The van der Waals surface area contributed by atoms with Crippen molar-refractivity contribution in [3.63, 3.8) is 0 Å². The zero-order chi connectivity index (χ0) is 18.9. The summed E-state index contributed by atoms with van der Waals surface area (Å²) in [5, 5.41) is 2.57. The Hall–Kier alpha value is -3.22. The van der Waals surface area contributed by atoms with Crippen LogP contribution in [-0.4, -0.2) is 36.4 Å². The molecule has 26 heavy (non-hydrogen) atoms. The maximum atomic E-state index is 12.1. The highest BCUT2D eigenvalue weighted by atomic mass is 16.5. The van der Waals surface area contributed by atoms with Crippen LogP contribution in [0.2, 0.25) is 0 Å². The Bertz CT molecular complexity index is 787. The normalized spacial score (nSPS) is 10.1. The number of Topliss-reactive ketones (excluding diaryl/α,β-unsaturated/α-hetero) is 1. The number of carbonyl (C=O) groups excluding carboxylic acids is 3. The van der Waals surface area contributed by atoms with Crippen molar-refractivity contribution < 1.29 is 23.9 Å². The van der Waals surface area contributed by atoms with Gasteiger partial charge in [-0.1, -0.05) is 0 Å². The van der Waals surface area contributed by atoms with Crippen LogP contribution in [0.4, 0.5) is 5.82 Å². The van der Waals surface area contributed by atoms with Gasteiger partial charge in [-0.2, -0.15) is 0 Å². The van der Waals surface area contributed by atoms with Crippen LogP contribution in [-0.2, 0) is 9.53 Å². The summed E-state index contributed by atoms with van der Waals surface area (Å²) < 4.78 is 9.94. The summed E-state index contributed by atoms with van der Waals surface area (Å²) >= 11 is 0. The number of aromatic nitrogens is 1. The first-order chi connectivity index (χ1) is 12.5. The Labute approximate surface area is 151 Å². The van der Waals surface area contributed by atoms with E-state index in [0.29, 0.717) is 16.9 Å². The van der Waals surface area contributed by atoms with Crippen LogP contribution in [0.25, 0.3) is 0 Å². The Kier molecular flexibility index (Phi) is 6.84. The lowest BCUT2D eigenvalue weighted by Crippen LogP contribution is -2.15. The monoisotopic (exact) mass is 356 g/mol. The van der Waals surface area contributed by atoms with Gasteiger partial charge in [0.25, 0.3) is 0 Å². The number of amides is 1. The lowest BCUT2D eigenvalue weighted by Gasteiger charge is -2.07. The van der Waals surface area contributed by atoms with Crippen LogP contribution in [0.5, 0.6) is 5.75 Å². The van der Waals surface area contributed by atoms with Crippen molar-refractivity contribution in [2.24, 2.45) is 0 Å². The fourth-order valence-electron chi connectivity index (χ4n) is 2.19. The van der Waals surface area contributed by atoms with E-state index < -0.39 is 5.97 Å². The molecule has 136 valence electrons. The number of benzene rings is 1. The van der Waals surface area contributed by atoms with Crippen LogP contribution < -0.4 is 10.1 Å². The van der Waals surface area contributed by atoms with Gasteiger partial charge in [0.05, 0.1) is 19.3 Å². The quantitative estimate of drug-likeness (QED) is 0.577. The van der Waals surface area contributed by atoms with E-state index in [1.54, 1.807) is 38.3 Å². The molecule has 0 aliphatic carbocycles. The van der Waals surface area contributed by atoms with E-state index in [1.807, 2.05) is 0 Å². The zero-order valence-electron chi connectivity index (χ0n) is 14.7. The van der Waals surface area contributed by atoms with E-state index in [1.165, 1.54) is 18.3 Å². The van der Waals surface area contributed by atoms with Crippen molar-refractivity contribution in [2.75, 3.05) is 19.0 Å². The van der Waals surface area contributed by atoms with Crippen LogP contribution in [0.1, 0.15) is 40.5 Å². The smallest absolute Gasteiger partial charge is 0.338 e. The van der Waals surface area contributed by atoms with Crippen molar-refractivity contribution in [1.82, 2.24) is 4.98 Å². The van der Waals surface area contributed by atoms with Crippen molar-refractivity contribution in [3.8, 4) is 5.75 Å². The molecule has 0 aliphatic heterocycles. The highest BCUT2D eigenvalue weighted by Crippen LogP contribution is 2.14. The Morgan fingerprint density at radius 2 is 1.77 bits per heavy atom. The van der Waals surface area contributed by atoms with E-state index in [-0.39, 0.29) is 37.0 Å². The Balaban J connectivity index is 1.89. The van der Waals surface area contributed by atoms with Gasteiger partial charge in [-0.15, -0.1) is 0 Å². The molecule has 1 aromatic heterocycles. The molecule has 0 atom stereocenters. The number of nitrogens with zero attached hydrogens (tertiary/aromatic N) is 1. The van der Waals surface area contributed by atoms with Crippen LogP contribution in [0.15, 0.2) is 42.6 Å². The number of methoxy groups -OCH3 is 1. The fraction of sp³-hybridized carbons (Fsp3) is 0.263. The standard InChI is InChI=1S/C19H20N2O5/c1-3-26-19(24)14-10-11-20-17(12-14)21-18(23)9-8-16(22)13-4-6-15(25-2)7-5-13/h4-7,10-12H,3,8-9H2,1-2H3,(H,20,21,23). The third kappa shape index (κ3) is 5.41. The molecular weight excluding hydrogens is 336 g/mol. The summed E-state index contributed by atoms with van der Waals surface area (Å²) in [4.78, 5) is 39.8. The van der Waals surface area contributed by atoms with Gasteiger partial charge in [-0.05, 0) is 43.3 Å². The fourth-order valence-corrected chi connectivity index (χ4v) is 2.19. The van der Waals surface area contributed by atoms with E-state index in [4.69, 9.17) is 9.47 Å². The highest BCUT2D eigenvalue weighted by Gasteiger charge is 2.12. The molecule has 0 bridgehead atoms. The molecule has 0 unspecified atom stereocenters. The summed E-state index contributed by atoms with van der Waals surface area (Å²) in [6, 6.07) is 9.63. The number of nitrogens with one attached hydrogen (secondary N) is 1. The summed E-state index contributed by atoms with van der Waals surface area (Å²) in [5.41, 5.74) is 0.812. The molecule has 0 aliphatic rings. The number of hydrogen-bond donors (Lipinski definition) is 1. The minimum Gasteiger partial charge on any atom is -0.497 e. The van der Waals surface area contributed by atoms with Crippen LogP contribution in [0.3, 0.4) is 0 Å². The number of carbonyl (C=O) groups is 3. The minimum absolute atomic E-state index is 0.0101. The number of ether oxygens (including phenoxy) is 2. The second-order valence-corrected chi connectivity index (χ2v) is 5.35. The molecule has 0 saturated heterocycles. The van der Waals surface area contributed by atoms with E-state index in [0.717, 1.165) is 0 Å². The van der Waals surface area contributed by atoms with Crippen LogP contribution in [0, 0.1) is 0 Å².